The van der Waals surface area contributed by atoms with E-state index in [9.17, 15) is 35.7 Å². The summed E-state index contributed by atoms with van der Waals surface area (Å²) in [5, 5.41) is 77.1. The van der Waals surface area contributed by atoms with Gasteiger partial charge >= 0.3 is 0 Å². The number of aliphatic hydroxyl groups excluding tert-OH is 5. The Bertz CT molecular complexity index is 745. The van der Waals surface area contributed by atoms with Crippen molar-refractivity contribution in [1.29, 1.82) is 0 Å². The van der Waals surface area contributed by atoms with Gasteiger partial charge in [0.05, 0.1) is 23.9 Å². The highest BCUT2D eigenvalue weighted by Crippen LogP contribution is 2.56. The number of hydrogen-bond acceptors (Lipinski definition) is 7. The third-order valence-corrected chi connectivity index (χ3v) is 12.0. The maximum absolute atomic E-state index is 12.9. The van der Waals surface area contributed by atoms with Gasteiger partial charge in [-0.3, -0.25) is 0 Å². The first-order valence-electron chi connectivity index (χ1n) is 20.3. The first-order valence-corrected chi connectivity index (χ1v) is 20.3. The Morgan fingerprint density at radius 3 is 1.35 bits per heavy atom. The smallest absolute Gasteiger partial charge is 0.0681 e. The lowest BCUT2D eigenvalue weighted by Crippen LogP contribution is -2.60. The van der Waals surface area contributed by atoms with Gasteiger partial charge in [-0.05, 0) is 87.9 Å². The monoisotopic (exact) mass is 689 g/mol. The summed E-state index contributed by atoms with van der Waals surface area (Å²) < 4.78 is 0. The molecule has 0 amide bonds. The van der Waals surface area contributed by atoms with E-state index in [2.05, 4.69) is 34.6 Å². The average molecular weight is 689 g/mol. The van der Waals surface area contributed by atoms with E-state index in [1.54, 1.807) is 0 Å². The van der Waals surface area contributed by atoms with Gasteiger partial charge in [0.1, 0.15) is 0 Å². The van der Waals surface area contributed by atoms with Crippen LogP contribution in [0.3, 0.4) is 0 Å². The molecule has 290 valence electrons. The minimum atomic E-state index is -1.10. The highest BCUT2D eigenvalue weighted by Gasteiger charge is 2.58. The zero-order chi connectivity index (χ0) is 36.7. The molecule has 48 heavy (non-hydrogen) atoms. The molecule has 0 rings (SSSR count). The van der Waals surface area contributed by atoms with Crippen LogP contribution in [0.2, 0.25) is 0 Å². The molecule has 6 unspecified atom stereocenters. The second-order valence-electron chi connectivity index (χ2n) is 16.5. The molecule has 7 N–H and O–H groups in total. The van der Waals surface area contributed by atoms with Crippen molar-refractivity contribution in [3.63, 3.8) is 0 Å². The van der Waals surface area contributed by atoms with Crippen molar-refractivity contribution in [2.24, 2.45) is 28.6 Å². The normalized spacial score (nSPS) is 18.3. The first-order chi connectivity index (χ1) is 22.7. The third kappa shape index (κ3) is 15.9. The summed E-state index contributed by atoms with van der Waals surface area (Å²) in [5.41, 5.74) is -3.61. The van der Waals surface area contributed by atoms with Crippen molar-refractivity contribution in [2.75, 3.05) is 26.4 Å². The van der Waals surface area contributed by atoms with Gasteiger partial charge in [-0.15, -0.1) is 0 Å². The third-order valence-electron chi connectivity index (χ3n) is 12.0. The standard InChI is InChI=1S/C41H84O7/c1-8-11-25-38(6,26-19-13-12-16-22-29-42)37(46)40(33-45,32-39(7,47)10-3)35(9-2)36(34(4)5)41(48,27-20-14-17-23-30-43)28-21-15-18-24-31-44/h34-37,42-48H,8-33H2,1-7H3. The van der Waals surface area contributed by atoms with Crippen molar-refractivity contribution < 1.29 is 35.7 Å². The lowest BCUT2D eigenvalue weighted by atomic mass is 9.51. The summed E-state index contributed by atoms with van der Waals surface area (Å²) in [4.78, 5) is 0. The van der Waals surface area contributed by atoms with Crippen LogP contribution in [0, 0.1) is 28.6 Å². The molecule has 0 aromatic carbocycles. The lowest BCUT2D eigenvalue weighted by molar-refractivity contribution is -0.194. The van der Waals surface area contributed by atoms with Crippen molar-refractivity contribution in [3.8, 4) is 0 Å². The minimum Gasteiger partial charge on any atom is -0.396 e. The Hall–Kier alpha value is -0.280. The van der Waals surface area contributed by atoms with Crippen LogP contribution in [0.15, 0.2) is 0 Å². The van der Waals surface area contributed by atoms with Crippen LogP contribution in [0.4, 0.5) is 0 Å². The molecule has 0 spiro atoms. The Morgan fingerprint density at radius 1 is 0.562 bits per heavy atom. The van der Waals surface area contributed by atoms with Gasteiger partial charge < -0.3 is 35.7 Å². The highest BCUT2D eigenvalue weighted by molar-refractivity contribution is 5.07. The van der Waals surface area contributed by atoms with E-state index in [4.69, 9.17) is 0 Å². The van der Waals surface area contributed by atoms with Crippen molar-refractivity contribution in [3.05, 3.63) is 0 Å². The van der Waals surface area contributed by atoms with Gasteiger partial charge in [0.25, 0.3) is 0 Å². The highest BCUT2D eigenvalue weighted by atomic mass is 16.3. The van der Waals surface area contributed by atoms with Crippen LogP contribution < -0.4 is 0 Å². The Morgan fingerprint density at radius 2 is 0.979 bits per heavy atom. The summed E-state index contributed by atoms with van der Waals surface area (Å²) in [6.45, 7) is 15.0. The molecule has 0 aromatic heterocycles. The van der Waals surface area contributed by atoms with Crippen molar-refractivity contribution in [1.82, 2.24) is 0 Å². The second kappa shape index (κ2) is 25.6. The summed E-state index contributed by atoms with van der Waals surface area (Å²) in [5.74, 6) is -0.365. The van der Waals surface area contributed by atoms with Crippen LogP contribution >= 0.6 is 0 Å². The predicted molar refractivity (Wildman–Crippen MR) is 201 cm³/mol. The first kappa shape index (κ1) is 47.7. The van der Waals surface area contributed by atoms with E-state index in [1.165, 1.54) is 0 Å². The van der Waals surface area contributed by atoms with E-state index >= 15 is 0 Å². The van der Waals surface area contributed by atoms with Crippen LogP contribution in [0.5, 0.6) is 0 Å². The largest absolute Gasteiger partial charge is 0.396 e. The Balaban J connectivity index is 7.07. The number of rotatable bonds is 33. The molecular formula is C41H84O7. The molecule has 7 nitrogen and oxygen atoms in total. The van der Waals surface area contributed by atoms with Gasteiger partial charge in [0, 0.05) is 25.2 Å². The molecule has 0 aliphatic carbocycles. The van der Waals surface area contributed by atoms with Crippen LogP contribution in [-0.2, 0) is 0 Å². The summed E-state index contributed by atoms with van der Waals surface area (Å²) in [6.07, 6.45) is 17.2. The van der Waals surface area contributed by atoms with Crippen LogP contribution in [0.1, 0.15) is 190 Å². The molecule has 0 radical (unpaired) electrons. The van der Waals surface area contributed by atoms with Crippen molar-refractivity contribution >= 4 is 0 Å². The molecule has 0 aliphatic heterocycles. The van der Waals surface area contributed by atoms with Crippen molar-refractivity contribution in [2.45, 2.75) is 207 Å². The van der Waals surface area contributed by atoms with Gasteiger partial charge in [-0.1, -0.05) is 125 Å². The fourth-order valence-electron chi connectivity index (χ4n) is 9.10. The quantitative estimate of drug-likeness (QED) is 0.0344. The van der Waals surface area contributed by atoms with Crippen LogP contribution in [-0.4, -0.2) is 79.5 Å². The number of hydrogen-bond donors (Lipinski definition) is 7. The van der Waals surface area contributed by atoms with E-state index in [1.807, 2.05) is 13.8 Å². The summed E-state index contributed by atoms with van der Waals surface area (Å²) >= 11 is 0. The average Bonchev–Trinajstić information content (AvgIpc) is 3.06. The van der Waals surface area contributed by atoms with Gasteiger partial charge in [0.2, 0.25) is 0 Å². The summed E-state index contributed by atoms with van der Waals surface area (Å²) in [7, 11) is 0. The maximum Gasteiger partial charge on any atom is 0.0681 e. The lowest BCUT2D eigenvalue weighted by Gasteiger charge is -2.57. The molecule has 0 bridgehead atoms. The zero-order valence-electron chi connectivity index (χ0n) is 32.8. The van der Waals surface area contributed by atoms with Crippen LogP contribution in [0.25, 0.3) is 0 Å². The van der Waals surface area contributed by atoms with E-state index < -0.39 is 28.1 Å². The molecule has 0 saturated carbocycles. The molecule has 0 aromatic rings. The second-order valence-corrected chi connectivity index (χ2v) is 16.5. The van der Waals surface area contributed by atoms with Gasteiger partial charge in [-0.25, -0.2) is 0 Å². The maximum atomic E-state index is 12.9. The Kier molecular flexibility index (Phi) is 25.5. The molecule has 7 heteroatoms. The van der Waals surface area contributed by atoms with E-state index in [-0.39, 0.29) is 50.6 Å². The fraction of sp³-hybridized carbons (Fsp3) is 1.00. The molecule has 0 aliphatic rings. The zero-order valence-corrected chi connectivity index (χ0v) is 32.8. The van der Waals surface area contributed by atoms with Gasteiger partial charge in [-0.2, -0.15) is 0 Å². The molecular weight excluding hydrogens is 604 g/mol. The minimum absolute atomic E-state index is 0.0768. The van der Waals surface area contributed by atoms with Gasteiger partial charge in [0.15, 0.2) is 0 Å². The number of unbranched alkanes of at least 4 members (excludes halogenated alkanes) is 11. The molecule has 6 atom stereocenters. The Labute approximate surface area is 297 Å². The summed E-state index contributed by atoms with van der Waals surface area (Å²) in [6, 6.07) is 0. The van der Waals surface area contributed by atoms with E-state index in [0.717, 1.165) is 109 Å². The van der Waals surface area contributed by atoms with E-state index in [0.29, 0.717) is 25.7 Å². The topological polar surface area (TPSA) is 142 Å². The molecule has 0 fully saturated rings. The fourth-order valence-corrected chi connectivity index (χ4v) is 9.10. The molecule has 0 saturated heterocycles. The number of aliphatic hydroxyl groups is 7. The predicted octanol–water partition coefficient (Wildman–Crippen LogP) is 8.32. The molecule has 0 heterocycles. The SMILES string of the molecule is CCCCC(C)(CCCCCCCO)C(O)C(CO)(CC(C)(O)CC)C(CC)C(C(C)C)C(O)(CCCCCCO)CCCCCCO.